The Bertz CT molecular complexity index is 1120. The molecule has 2 amide bonds. The largest absolute Gasteiger partial charge is 0.491 e. The maximum Gasteiger partial charge on any atom is 0.276 e. The number of nitrogens with zero attached hydrogens (tertiary/aromatic N) is 2. The molecule has 0 radical (unpaired) electrons. The molecule has 2 aliphatic rings. The molecule has 1 aromatic heterocycles. The van der Waals surface area contributed by atoms with Crippen LogP contribution in [-0.4, -0.2) is 47.3 Å². The second-order valence-corrected chi connectivity index (χ2v) is 7.50. The number of carbonyl (C=O) groups excluding carboxylic acids is 2. The summed E-state index contributed by atoms with van der Waals surface area (Å²) in [4.78, 5) is 40.2. The minimum absolute atomic E-state index is 0.0498. The fraction of sp³-hybridized carbons (Fsp3) is 0.381. The van der Waals surface area contributed by atoms with Gasteiger partial charge in [0.05, 0.1) is 20.3 Å². The predicted molar refractivity (Wildman–Crippen MR) is 105 cm³/mol. The Morgan fingerprint density at radius 3 is 2.84 bits per heavy atom. The first-order valence-corrected chi connectivity index (χ1v) is 9.79. The first kappa shape index (κ1) is 21.0. The third-order valence-corrected chi connectivity index (χ3v) is 5.55. The second-order valence-electron chi connectivity index (χ2n) is 7.50. The SMILES string of the molecule is COc1c2n(cc(C(=O)NCc3cc(F)ccc3F)c1=O)C[C@@H]1OCC[C@@H](C)N1C2=O. The summed E-state index contributed by atoms with van der Waals surface area (Å²) in [6, 6.07) is 2.82. The number of amides is 2. The second kappa shape index (κ2) is 8.10. The van der Waals surface area contributed by atoms with Crippen LogP contribution in [0, 0.1) is 11.6 Å². The summed E-state index contributed by atoms with van der Waals surface area (Å²) < 4.78 is 39.5. The van der Waals surface area contributed by atoms with Crippen molar-refractivity contribution in [2.75, 3.05) is 13.7 Å². The number of carbonyl (C=O) groups is 2. The smallest absolute Gasteiger partial charge is 0.276 e. The Balaban J connectivity index is 1.67. The van der Waals surface area contributed by atoms with Gasteiger partial charge in [0.15, 0.2) is 17.7 Å². The van der Waals surface area contributed by atoms with Gasteiger partial charge in [0.25, 0.3) is 11.8 Å². The van der Waals surface area contributed by atoms with Crippen molar-refractivity contribution in [1.29, 1.82) is 0 Å². The van der Waals surface area contributed by atoms with E-state index in [-0.39, 0.29) is 41.7 Å². The maximum atomic E-state index is 13.8. The van der Waals surface area contributed by atoms with E-state index in [0.29, 0.717) is 13.0 Å². The molecule has 8 nitrogen and oxygen atoms in total. The number of benzene rings is 1. The molecule has 1 aromatic carbocycles. The highest BCUT2D eigenvalue weighted by molar-refractivity contribution is 5.99. The lowest BCUT2D eigenvalue weighted by Crippen LogP contribution is -2.57. The molecule has 0 aliphatic carbocycles. The van der Waals surface area contributed by atoms with E-state index < -0.39 is 35.1 Å². The van der Waals surface area contributed by atoms with Crippen molar-refractivity contribution in [2.24, 2.45) is 0 Å². The molecule has 1 N–H and O–H groups in total. The Kier molecular flexibility index (Phi) is 5.48. The summed E-state index contributed by atoms with van der Waals surface area (Å²) in [7, 11) is 1.25. The molecular weight excluding hydrogens is 412 g/mol. The average molecular weight is 433 g/mol. The van der Waals surface area contributed by atoms with E-state index in [1.165, 1.54) is 17.9 Å². The predicted octanol–water partition coefficient (Wildman–Crippen LogP) is 1.66. The molecule has 2 aromatic rings. The van der Waals surface area contributed by atoms with Gasteiger partial charge < -0.3 is 24.3 Å². The van der Waals surface area contributed by atoms with Gasteiger partial charge in [-0.1, -0.05) is 0 Å². The van der Waals surface area contributed by atoms with E-state index in [4.69, 9.17) is 9.47 Å². The minimum atomic E-state index is -0.796. The molecule has 4 rings (SSSR count). The Morgan fingerprint density at radius 1 is 1.32 bits per heavy atom. The summed E-state index contributed by atoms with van der Waals surface area (Å²) in [5.41, 5.74) is -1.05. The van der Waals surface area contributed by atoms with Gasteiger partial charge in [-0.2, -0.15) is 0 Å². The van der Waals surface area contributed by atoms with Gasteiger partial charge in [-0.25, -0.2) is 8.78 Å². The topological polar surface area (TPSA) is 89.9 Å². The van der Waals surface area contributed by atoms with Crippen LogP contribution >= 0.6 is 0 Å². The lowest BCUT2D eigenvalue weighted by atomic mass is 10.1. The first-order valence-electron chi connectivity index (χ1n) is 9.79. The van der Waals surface area contributed by atoms with Gasteiger partial charge in [-0.05, 0) is 31.5 Å². The number of ether oxygens (including phenoxy) is 2. The van der Waals surface area contributed by atoms with Crippen molar-refractivity contribution < 1.29 is 27.8 Å². The van der Waals surface area contributed by atoms with Gasteiger partial charge in [0.2, 0.25) is 5.43 Å². The zero-order chi connectivity index (χ0) is 22.3. The quantitative estimate of drug-likeness (QED) is 0.792. The molecular formula is C21H21F2N3O5. The van der Waals surface area contributed by atoms with Crippen molar-refractivity contribution in [3.63, 3.8) is 0 Å². The molecule has 1 saturated heterocycles. The van der Waals surface area contributed by atoms with Crippen molar-refractivity contribution in [3.05, 3.63) is 63.1 Å². The van der Waals surface area contributed by atoms with Crippen LogP contribution in [0.25, 0.3) is 0 Å². The zero-order valence-corrected chi connectivity index (χ0v) is 17.0. The molecule has 2 aliphatic heterocycles. The molecule has 164 valence electrons. The average Bonchev–Trinajstić information content (AvgIpc) is 2.74. The summed E-state index contributed by atoms with van der Waals surface area (Å²) in [6.07, 6.45) is 1.43. The van der Waals surface area contributed by atoms with Crippen LogP contribution in [-0.2, 0) is 17.8 Å². The van der Waals surface area contributed by atoms with Crippen molar-refractivity contribution in [3.8, 4) is 5.75 Å². The van der Waals surface area contributed by atoms with Crippen LogP contribution in [0.5, 0.6) is 5.75 Å². The van der Waals surface area contributed by atoms with Crippen molar-refractivity contribution in [1.82, 2.24) is 14.8 Å². The van der Waals surface area contributed by atoms with Crippen LogP contribution in [0.1, 0.15) is 39.8 Å². The number of hydrogen-bond donors (Lipinski definition) is 1. The zero-order valence-electron chi connectivity index (χ0n) is 17.0. The molecule has 0 unspecified atom stereocenters. The number of pyridine rings is 1. The number of hydrogen-bond acceptors (Lipinski definition) is 5. The Hall–Kier alpha value is -3.27. The minimum Gasteiger partial charge on any atom is -0.491 e. The van der Waals surface area contributed by atoms with Crippen LogP contribution < -0.4 is 15.5 Å². The van der Waals surface area contributed by atoms with Crippen LogP contribution in [0.3, 0.4) is 0 Å². The summed E-state index contributed by atoms with van der Waals surface area (Å²) in [5, 5.41) is 2.42. The van der Waals surface area contributed by atoms with Gasteiger partial charge in [0, 0.05) is 24.3 Å². The molecule has 31 heavy (non-hydrogen) atoms. The summed E-state index contributed by atoms with van der Waals surface area (Å²) in [6.45, 7) is 2.30. The van der Waals surface area contributed by atoms with Crippen LogP contribution in [0.4, 0.5) is 8.78 Å². The van der Waals surface area contributed by atoms with Crippen LogP contribution in [0.15, 0.2) is 29.2 Å². The highest BCUT2D eigenvalue weighted by Crippen LogP contribution is 2.29. The molecule has 0 bridgehead atoms. The number of methoxy groups -OCH3 is 1. The number of nitrogens with one attached hydrogen (secondary N) is 1. The maximum absolute atomic E-state index is 13.8. The van der Waals surface area contributed by atoms with Gasteiger partial charge in [0.1, 0.15) is 17.2 Å². The van der Waals surface area contributed by atoms with E-state index in [2.05, 4.69) is 5.32 Å². The van der Waals surface area contributed by atoms with Crippen LogP contribution in [0.2, 0.25) is 0 Å². The lowest BCUT2D eigenvalue weighted by Gasteiger charge is -2.44. The monoisotopic (exact) mass is 433 g/mol. The fourth-order valence-corrected chi connectivity index (χ4v) is 3.94. The lowest BCUT2D eigenvalue weighted by molar-refractivity contribution is -0.112. The van der Waals surface area contributed by atoms with E-state index in [9.17, 15) is 23.2 Å². The third kappa shape index (κ3) is 3.67. The summed E-state index contributed by atoms with van der Waals surface area (Å²) in [5.74, 6) is -2.78. The molecule has 0 saturated carbocycles. The molecule has 1 fully saturated rings. The van der Waals surface area contributed by atoms with Crippen molar-refractivity contribution >= 4 is 11.8 Å². The normalized spacial score (nSPS) is 20.1. The standard InChI is InChI=1S/C21H21F2N3O5/c1-11-5-6-31-16-10-25-9-14(18(27)19(30-2)17(25)21(29)26(11)16)20(28)24-8-12-7-13(22)3-4-15(12)23/h3-4,7,9,11,16H,5-6,8,10H2,1-2H3,(H,24,28)/t11-,16+/m1/s1. The highest BCUT2D eigenvalue weighted by Gasteiger charge is 2.41. The van der Waals surface area contributed by atoms with E-state index in [0.717, 1.165) is 18.2 Å². The summed E-state index contributed by atoms with van der Waals surface area (Å²) >= 11 is 0. The molecule has 3 heterocycles. The highest BCUT2D eigenvalue weighted by atomic mass is 19.1. The molecule has 0 spiro atoms. The third-order valence-electron chi connectivity index (χ3n) is 5.55. The van der Waals surface area contributed by atoms with E-state index in [1.54, 1.807) is 4.90 Å². The Morgan fingerprint density at radius 2 is 2.10 bits per heavy atom. The number of aromatic nitrogens is 1. The number of halogens is 2. The first-order chi connectivity index (χ1) is 14.8. The van der Waals surface area contributed by atoms with Gasteiger partial charge in [-0.15, -0.1) is 0 Å². The molecule has 10 heteroatoms. The van der Waals surface area contributed by atoms with Gasteiger partial charge >= 0.3 is 0 Å². The number of rotatable bonds is 4. The number of fused-ring (bicyclic) bond motifs is 2. The molecule has 2 atom stereocenters. The van der Waals surface area contributed by atoms with Crippen molar-refractivity contribution in [2.45, 2.75) is 38.7 Å². The Labute approximate surface area is 176 Å². The van der Waals surface area contributed by atoms with E-state index in [1.807, 2.05) is 6.92 Å². The fourth-order valence-electron chi connectivity index (χ4n) is 3.94. The van der Waals surface area contributed by atoms with E-state index >= 15 is 0 Å². The van der Waals surface area contributed by atoms with Gasteiger partial charge in [-0.3, -0.25) is 14.4 Å².